The van der Waals surface area contributed by atoms with Gasteiger partial charge in [-0.1, -0.05) is 6.07 Å². The lowest BCUT2D eigenvalue weighted by atomic mass is 10.2. The zero-order valence-corrected chi connectivity index (χ0v) is 18.9. The average Bonchev–Trinajstić information content (AvgIpc) is 3.35. The first-order chi connectivity index (χ1) is 16.1. The number of alkyl halides is 4. The summed E-state index contributed by atoms with van der Waals surface area (Å²) in [6.45, 7) is 2.02. The lowest BCUT2D eigenvalue weighted by molar-refractivity contribution is -0.391. The van der Waals surface area contributed by atoms with Crippen LogP contribution in [0.25, 0.3) is 15.9 Å². The van der Waals surface area contributed by atoms with Gasteiger partial charge in [-0.3, -0.25) is 4.57 Å². The molecule has 0 spiro atoms. The third-order valence-corrected chi connectivity index (χ3v) is 6.70. The van der Waals surface area contributed by atoms with E-state index in [4.69, 9.17) is 0 Å². The van der Waals surface area contributed by atoms with Gasteiger partial charge in [0.2, 0.25) is 0 Å². The molecule has 5 rings (SSSR count). The minimum Gasteiger partial charge on any atom is -0.421 e. The number of carbonyl (C=O) groups is 1. The van der Waals surface area contributed by atoms with Crippen molar-refractivity contribution in [3.05, 3.63) is 63.3 Å². The van der Waals surface area contributed by atoms with Crippen molar-refractivity contribution in [2.24, 2.45) is 4.99 Å². The zero-order valence-electron chi connectivity index (χ0n) is 17.2. The van der Waals surface area contributed by atoms with Crippen LogP contribution in [0.15, 0.2) is 53.8 Å². The van der Waals surface area contributed by atoms with Gasteiger partial charge in [-0.2, -0.15) is 22.6 Å². The number of fused-ring (bicyclic) bond motifs is 2. The van der Waals surface area contributed by atoms with E-state index >= 15 is 0 Å². The maximum absolute atomic E-state index is 13.6. The van der Waals surface area contributed by atoms with Gasteiger partial charge in [0.1, 0.15) is 4.83 Å². The third kappa shape index (κ3) is 4.12. The van der Waals surface area contributed by atoms with Crippen LogP contribution in [-0.2, 0) is 6.54 Å². The number of thiazole rings is 1. The lowest BCUT2D eigenvalue weighted by Gasteiger charge is -2.31. The van der Waals surface area contributed by atoms with Crippen LogP contribution in [0.3, 0.4) is 0 Å². The summed E-state index contributed by atoms with van der Waals surface area (Å²) in [7, 11) is 0. The Bertz CT molecular complexity index is 1450. The van der Waals surface area contributed by atoms with Crippen molar-refractivity contribution in [2.75, 3.05) is 0 Å². The van der Waals surface area contributed by atoms with Crippen LogP contribution in [0.5, 0.6) is 11.5 Å². The molecule has 4 aromatic rings. The Morgan fingerprint density at radius 2 is 1.88 bits per heavy atom. The molecule has 1 N–H and O–H groups in total. The summed E-state index contributed by atoms with van der Waals surface area (Å²) >= 11 is 2.64. The van der Waals surface area contributed by atoms with Gasteiger partial charge >= 0.3 is 18.2 Å². The maximum atomic E-state index is 13.6. The molecule has 0 bridgehead atoms. The minimum absolute atomic E-state index is 0.251. The number of thiophene rings is 1. The molecular weight excluding hydrogens is 496 g/mol. The molecule has 0 atom stereocenters. The minimum atomic E-state index is -4.83. The van der Waals surface area contributed by atoms with Gasteiger partial charge in [-0.15, -0.1) is 22.7 Å². The number of hydrogen-bond donors (Lipinski definition) is 1. The number of ether oxygens (including phenoxy) is 2. The Morgan fingerprint density at radius 3 is 2.65 bits per heavy atom. The van der Waals surface area contributed by atoms with Crippen LogP contribution in [0.2, 0.25) is 0 Å². The summed E-state index contributed by atoms with van der Waals surface area (Å²) in [5, 5.41) is 3.68. The van der Waals surface area contributed by atoms with Crippen molar-refractivity contribution < 1.29 is 31.8 Å². The van der Waals surface area contributed by atoms with Crippen molar-refractivity contribution in [2.45, 2.75) is 25.7 Å². The number of nitrogens with zero attached hydrogens (tertiary/aromatic N) is 3. The van der Waals surface area contributed by atoms with Gasteiger partial charge in [0.05, 0.1) is 12.2 Å². The second-order valence-corrected chi connectivity index (χ2v) is 9.57. The fourth-order valence-electron chi connectivity index (χ4n) is 3.23. The molecule has 1 aromatic carbocycles. The summed E-state index contributed by atoms with van der Waals surface area (Å²) in [5.74, 6) is -1.08. The van der Waals surface area contributed by atoms with Gasteiger partial charge < -0.3 is 14.8 Å². The molecule has 7 nitrogen and oxygen atoms in total. The molecular formula is C21H14F4N4O3S2. The van der Waals surface area contributed by atoms with Crippen molar-refractivity contribution in [1.29, 1.82) is 0 Å². The summed E-state index contributed by atoms with van der Waals surface area (Å²) < 4.78 is 63.7. The predicted molar refractivity (Wildman–Crippen MR) is 117 cm³/mol. The van der Waals surface area contributed by atoms with E-state index in [0.29, 0.717) is 0 Å². The highest BCUT2D eigenvalue weighted by molar-refractivity contribution is 7.18. The van der Waals surface area contributed by atoms with E-state index in [9.17, 15) is 22.4 Å². The predicted octanol–water partition coefficient (Wildman–Crippen LogP) is 5.22. The Hall–Kier alpha value is -3.45. The maximum Gasteiger partial charge on any atom is 0.507 e. The van der Waals surface area contributed by atoms with E-state index in [1.54, 1.807) is 19.3 Å². The topological polar surface area (TPSA) is 77.7 Å². The number of hydrogen-bond acceptors (Lipinski definition) is 6. The molecule has 1 aliphatic heterocycles. The summed E-state index contributed by atoms with van der Waals surface area (Å²) in [6.07, 6.45) is -6.30. The fraction of sp³-hybridized carbons (Fsp3) is 0.190. The van der Waals surface area contributed by atoms with Crippen molar-refractivity contribution in [3.8, 4) is 17.2 Å². The SMILES string of the molecule is Cc1cn(-c2ccc3c(c2)OC(F)(F)C(F)(F)O3)/c(=N/C(=O)NCc2cc3cccnc3s2)s1. The standard InChI is InChI=1S/C21H14F4N4O3S2/c1-11-10-29(13-4-5-15-16(8-13)32-21(24,25)20(22,23)31-15)19(33-11)28-18(30)27-9-14-7-12-3-2-6-26-17(12)34-14/h2-8,10H,9H2,1H3,(H,27,30)/b28-19-. The Kier molecular flexibility index (Phi) is 5.32. The average molecular weight is 510 g/mol. The molecule has 13 heteroatoms. The normalized spacial score (nSPS) is 16.6. The van der Waals surface area contributed by atoms with Crippen LogP contribution >= 0.6 is 22.7 Å². The summed E-state index contributed by atoms with van der Waals surface area (Å²) in [5.41, 5.74) is 0.273. The quantitative estimate of drug-likeness (QED) is 0.383. The van der Waals surface area contributed by atoms with Gasteiger partial charge in [0.15, 0.2) is 16.3 Å². The number of aromatic nitrogens is 2. The van der Waals surface area contributed by atoms with Crippen molar-refractivity contribution in [3.63, 3.8) is 0 Å². The smallest absolute Gasteiger partial charge is 0.421 e. The number of pyridine rings is 1. The van der Waals surface area contributed by atoms with Gasteiger partial charge in [-0.25, -0.2) is 9.78 Å². The molecule has 0 saturated heterocycles. The van der Waals surface area contributed by atoms with Crippen LogP contribution in [0.4, 0.5) is 22.4 Å². The Morgan fingerprint density at radius 1 is 1.12 bits per heavy atom. The lowest BCUT2D eigenvalue weighted by Crippen LogP contribution is -2.52. The fourth-order valence-corrected chi connectivity index (χ4v) is 4.99. The van der Waals surface area contributed by atoms with E-state index in [0.717, 1.165) is 32.1 Å². The van der Waals surface area contributed by atoms with E-state index in [-0.39, 0.29) is 17.0 Å². The molecule has 4 heterocycles. The molecule has 176 valence electrons. The van der Waals surface area contributed by atoms with E-state index in [1.165, 1.54) is 33.3 Å². The molecule has 0 radical (unpaired) electrons. The van der Waals surface area contributed by atoms with Crippen LogP contribution < -0.4 is 19.6 Å². The van der Waals surface area contributed by atoms with Crippen molar-refractivity contribution in [1.82, 2.24) is 14.9 Å². The monoisotopic (exact) mass is 510 g/mol. The van der Waals surface area contributed by atoms with E-state index < -0.39 is 29.7 Å². The first-order valence-electron chi connectivity index (χ1n) is 9.74. The Balaban J connectivity index is 1.39. The van der Waals surface area contributed by atoms with Crippen LogP contribution in [-0.4, -0.2) is 27.8 Å². The highest BCUT2D eigenvalue weighted by Crippen LogP contribution is 2.47. The number of nitrogens with one attached hydrogen (secondary N) is 1. The first kappa shape index (κ1) is 22.3. The number of carbonyl (C=O) groups excluding carboxylic acids is 1. The Labute approximate surface area is 196 Å². The molecule has 1 aliphatic rings. The van der Waals surface area contributed by atoms with Gasteiger partial charge in [-0.05, 0) is 31.2 Å². The molecule has 3 aromatic heterocycles. The molecule has 34 heavy (non-hydrogen) atoms. The van der Waals surface area contributed by atoms with Crippen molar-refractivity contribution >= 4 is 38.9 Å². The number of halogens is 4. The second-order valence-electron chi connectivity index (χ2n) is 7.24. The molecule has 0 aliphatic carbocycles. The van der Waals surface area contributed by atoms with Crippen LogP contribution in [0, 0.1) is 6.92 Å². The molecule has 0 unspecified atom stereocenters. The number of benzene rings is 1. The first-order valence-corrected chi connectivity index (χ1v) is 11.4. The van der Waals surface area contributed by atoms with Gasteiger partial charge in [0.25, 0.3) is 0 Å². The number of rotatable bonds is 3. The summed E-state index contributed by atoms with van der Waals surface area (Å²) in [6, 6.07) is 8.65. The molecule has 2 amide bonds. The van der Waals surface area contributed by atoms with Crippen LogP contribution in [0.1, 0.15) is 9.75 Å². The number of aryl methyl sites for hydroxylation is 1. The highest BCUT2D eigenvalue weighted by Gasteiger charge is 2.65. The zero-order chi connectivity index (χ0) is 24.1. The third-order valence-electron chi connectivity index (χ3n) is 4.75. The number of amides is 2. The van der Waals surface area contributed by atoms with E-state index in [2.05, 4.69) is 24.8 Å². The molecule has 0 fully saturated rings. The highest BCUT2D eigenvalue weighted by atomic mass is 32.1. The summed E-state index contributed by atoms with van der Waals surface area (Å²) in [4.78, 5) is 23.6. The number of urea groups is 1. The molecule has 0 saturated carbocycles. The van der Waals surface area contributed by atoms with E-state index in [1.807, 2.05) is 18.2 Å². The largest absolute Gasteiger partial charge is 0.507 e. The second kappa shape index (κ2) is 8.09. The van der Waals surface area contributed by atoms with Gasteiger partial charge in [0, 0.05) is 33.6 Å².